The summed E-state index contributed by atoms with van der Waals surface area (Å²) < 4.78 is 0. The molecule has 0 aliphatic heterocycles. The number of rotatable bonds is 2. The molecular weight excluding hydrogens is 178 g/mol. The predicted octanol–water partition coefficient (Wildman–Crippen LogP) is 2.59. The van der Waals surface area contributed by atoms with Crippen LogP contribution < -0.4 is 0 Å². The molecule has 0 atom stereocenters. The maximum absolute atomic E-state index is 9.93. The van der Waals surface area contributed by atoms with Crippen LogP contribution in [0.1, 0.15) is 5.56 Å². The van der Waals surface area contributed by atoms with Crippen molar-refractivity contribution in [3.8, 4) is 0 Å². The lowest BCUT2D eigenvalue weighted by Crippen LogP contribution is -1.81. The molecule has 0 radical (unpaired) electrons. The van der Waals surface area contributed by atoms with E-state index in [2.05, 4.69) is 0 Å². The zero-order chi connectivity index (χ0) is 8.97. The number of hydrogen-bond acceptors (Lipinski definition) is 2. The Bertz CT molecular complexity index is 305. The summed E-state index contributed by atoms with van der Waals surface area (Å²) >= 11 is 5.62. The summed E-state index contributed by atoms with van der Waals surface area (Å²) in [6.07, 6.45) is 2.31. The molecule has 0 heterocycles. The molecule has 0 N–H and O–H groups in total. The van der Waals surface area contributed by atoms with Crippen LogP contribution in [-0.2, 0) is 0 Å². The van der Waals surface area contributed by atoms with Gasteiger partial charge in [0.05, 0.1) is 4.92 Å². The molecule has 0 saturated carbocycles. The minimum Gasteiger partial charge on any atom is -0.259 e. The first-order valence-electron chi connectivity index (χ1n) is 3.26. The van der Waals surface area contributed by atoms with Crippen LogP contribution in [0, 0.1) is 10.1 Å². The third kappa shape index (κ3) is 2.72. The zero-order valence-corrected chi connectivity index (χ0v) is 6.86. The van der Waals surface area contributed by atoms with Crippen molar-refractivity contribution in [3.63, 3.8) is 0 Å². The number of nitrogens with zero attached hydrogens (tertiary/aromatic N) is 1. The van der Waals surface area contributed by atoms with Gasteiger partial charge in [0.1, 0.15) is 0 Å². The van der Waals surface area contributed by atoms with Crippen molar-refractivity contribution < 1.29 is 4.92 Å². The van der Waals surface area contributed by atoms with Crippen molar-refractivity contribution in [2.75, 3.05) is 0 Å². The quantitative estimate of drug-likeness (QED) is 0.523. The fourth-order valence-electron chi connectivity index (χ4n) is 0.721. The lowest BCUT2D eigenvalue weighted by molar-refractivity contribution is -0.400. The fourth-order valence-corrected chi connectivity index (χ4v) is 0.847. The Morgan fingerprint density at radius 1 is 1.33 bits per heavy atom. The van der Waals surface area contributed by atoms with Crippen LogP contribution in [0.4, 0.5) is 0 Å². The van der Waals surface area contributed by atoms with Crippen LogP contribution in [0.15, 0.2) is 30.5 Å². The highest BCUT2D eigenvalue weighted by molar-refractivity contribution is 6.30. The Kier molecular flexibility index (Phi) is 2.82. The lowest BCUT2D eigenvalue weighted by Gasteiger charge is -1.90. The molecule has 0 aromatic heterocycles. The SMILES string of the molecule is O=[N+]([O-])/C=C/c1ccc(Cl)cc1. The molecular formula is C8H6ClNO2. The topological polar surface area (TPSA) is 43.1 Å². The number of hydrogen-bond donors (Lipinski definition) is 0. The molecule has 0 amide bonds. The second-order valence-electron chi connectivity index (χ2n) is 2.15. The molecule has 1 rings (SSSR count). The van der Waals surface area contributed by atoms with Gasteiger partial charge in [-0.15, -0.1) is 0 Å². The van der Waals surface area contributed by atoms with Crippen LogP contribution >= 0.6 is 11.6 Å². The van der Waals surface area contributed by atoms with Crippen LogP contribution in [0.2, 0.25) is 5.02 Å². The Morgan fingerprint density at radius 3 is 2.42 bits per heavy atom. The minimum absolute atomic E-state index is 0.505. The van der Waals surface area contributed by atoms with E-state index in [4.69, 9.17) is 11.6 Å². The third-order valence-electron chi connectivity index (χ3n) is 1.26. The summed E-state index contributed by atoms with van der Waals surface area (Å²) in [4.78, 5) is 9.43. The van der Waals surface area contributed by atoms with Gasteiger partial charge in [-0.05, 0) is 17.7 Å². The number of benzene rings is 1. The van der Waals surface area contributed by atoms with Crippen molar-refractivity contribution in [1.82, 2.24) is 0 Å². The highest BCUT2D eigenvalue weighted by atomic mass is 35.5. The molecule has 0 aliphatic rings. The van der Waals surface area contributed by atoms with Gasteiger partial charge < -0.3 is 0 Å². The van der Waals surface area contributed by atoms with Crippen LogP contribution in [0.5, 0.6) is 0 Å². The van der Waals surface area contributed by atoms with Gasteiger partial charge in [-0.25, -0.2) is 0 Å². The monoisotopic (exact) mass is 183 g/mol. The lowest BCUT2D eigenvalue weighted by atomic mass is 10.2. The summed E-state index contributed by atoms with van der Waals surface area (Å²) in [5, 5.41) is 10.6. The molecule has 4 heteroatoms. The smallest absolute Gasteiger partial charge is 0.235 e. The van der Waals surface area contributed by atoms with Crippen molar-refractivity contribution in [1.29, 1.82) is 0 Å². The number of halogens is 1. The van der Waals surface area contributed by atoms with E-state index in [1.807, 2.05) is 0 Å². The molecule has 3 nitrogen and oxygen atoms in total. The normalized spacial score (nSPS) is 10.4. The Balaban J connectivity index is 2.77. The molecule has 0 fully saturated rings. The first-order valence-corrected chi connectivity index (χ1v) is 3.63. The predicted molar refractivity (Wildman–Crippen MR) is 47.5 cm³/mol. The fraction of sp³-hybridized carbons (Fsp3) is 0. The van der Waals surface area contributed by atoms with Gasteiger partial charge in [-0.2, -0.15) is 0 Å². The number of nitro groups is 1. The first kappa shape index (κ1) is 8.74. The van der Waals surface area contributed by atoms with E-state index in [0.29, 0.717) is 5.02 Å². The summed E-state index contributed by atoms with van der Waals surface area (Å²) in [6, 6.07) is 6.78. The largest absolute Gasteiger partial charge is 0.259 e. The zero-order valence-electron chi connectivity index (χ0n) is 6.11. The van der Waals surface area contributed by atoms with Crippen molar-refractivity contribution >= 4 is 17.7 Å². The maximum atomic E-state index is 9.93. The van der Waals surface area contributed by atoms with E-state index in [0.717, 1.165) is 11.8 Å². The van der Waals surface area contributed by atoms with E-state index in [1.54, 1.807) is 24.3 Å². The molecule has 0 aliphatic carbocycles. The van der Waals surface area contributed by atoms with Gasteiger partial charge in [-0.3, -0.25) is 10.1 Å². The van der Waals surface area contributed by atoms with Gasteiger partial charge >= 0.3 is 0 Å². The van der Waals surface area contributed by atoms with Gasteiger partial charge in [0, 0.05) is 11.1 Å². The average Bonchev–Trinajstić information content (AvgIpc) is 2.03. The van der Waals surface area contributed by atoms with Crippen molar-refractivity contribution in [2.45, 2.75) is 0 Å². The summed E-state index contributed by atoms with van der Waals surface area (Å²) in [5.41, 5.74) is 0.760. The molecule has 0 unspecified atom stereocenters. The average molecular weight is 184 g/mol. The molecule has 0 saturated heterocycles. The van der Waals surface area contributed by atoms with E-state index in [-0.39, 0.29) is 0 Å². The third-order valence-corrected chi connectivity index (χ3v) is 1.51. The van der Waals surface area contributed by atoms with E-state index in [1.165, 1.54) is 6.08 Å². The van der Waals surface area contributed by atoms with Crippen molar-refractivity contribution in [2.24, 2.45) is 0 Å². The second-order valence-corrected chi connectivity index (χ2v) is 2.59. The Morgan fingerprint density at radius 2 is 1.92 bits per heavy atom. The van der Waals surface area contributed by atoms with E-state index < -0.39 is 4.92 Å². The van der Waals surface area contributed by atoms with Crippen molar-refractivity contribution in [3.05, 3.63) is 51.2 Å². The molecule has 62 valence electrons. The summed E-state index contributed by atoms with van der Waals surface area (Å²) in [6.45, 7) is 0. The van der Waals surface area contributed by atoms with E-state index in [9.17, 15) is 10.1 Å². The van der Waals surface area contributed by atoms with Gasteiger partial charge in [-0.1, -0.05) is 23.7 Å². The molecule has 0 bridgehead atoms. The molecule has 1 aromatic rings. The van der Waals surface area contributed by atoms with Gasteiger partial charge in [0.2, 0.25) is 6.20 Å². The second kappa shape index (κ2) is 3.88. The van der Waals surface area contributed by atoms with Gasteiger partial charge in [0.15, 0.2) is 0 Å². The highest BCUT2D eigenvalue weighted by Gasteiger charge is 1.89. The molecule has 12 heavy (non-hydrogen) atoms. The molecule has 1 aromatic carbocycles. The standard InChI is InChI=1S/C8H6ClNO2/c9-8-3-1-7(2-4-8)5-6-10(11)12/h1-6H/b6-5+. The van der Waals surface area contributed by atoms with Crippen LogP contribution in [0.3, 0.4) is 0 Å². The Labute approximate surface area is 74.4 Å². The minimum atomic E-state index is -0.505. The highest BCUT2D eigenvalue weighted by Crippen LogP contribution is 2.10. The summed E-state index contributed by atoms with van der Waals surface area (Å²) in [7, 11) is 0. The summed E-state index contributed by atoms with van der Waals surface area (Å²) in [5.74, 6) is 0. The van der Waals surface area contributed by atoms with Crippen LogP contribution in [0.25, 0.3) is 6.08 Å². The van der Waals surface area contributed by atoms with Crippen LogP contribution in [-0.4, -0.2) is 4.92 Å². The van der Waals surface area contributed by atoms with Gasteiger partial charge in [0.25, 0.3) is 0 Å². The molecule has 0 spiro atoms. The Hall–Kier alpha value is -1.35. The van der Waals surface area contributed by atoms with E-state index >= 15 is 0 Å². The first-order chi connectivity index (χ1) is 5.68. The maximum Gasteiger partial charge on any atom is 0.235 e.